The number of hydrogen-bond donors (Lipinski definition) is 1. The molecular weight excluding hydrogens is 403 g/mol. The molecule has 2 aromatic carbocycles. The molecule has 9 heteroatoms. The lowest BCUT2D eigenvalue weighted by atomic mass is 10.1. The Morgan fingerprint density at radius 3 is 2.59 bits per heavy atom. The van der Waals surface area contributed by atoms with E-state index in [1.807, 2.05) is 0 Å². The Balaban J connectivity index is 1.80. The first-order valence-electron chi connectivity index (χ1n) is 8.36. The summed E-state index contributed by atoms with van der Waals surface area (Å²) in [5.41, 5.74) is 0.751. The van der Waals surface area contributed by atoms with E-state index in [-0.39, 0.29) is 18.1 Å². The number of fused-ring (bicyclic) bond motifs is 1. The molecule has 0 saturated carbocycles. The summed E-state index contributed by atoms with van der Waals surface area (Å²) in [5.74, 6) is -1.07. The number of halogens is 2. The molecule has 1 aromatic heterocycles. The molecule has 0 unspecified atom stereocenters. The van der Waals surface area contributed by atoms with E-state index >= 15 is 0 Å². The van der Waals surface area contributed by atoms with Crippen LogP contribution in [0.2, 0.25) is 5.02 Å². The average Bonchev–Trinajstić information content (AvgIpc) is 2.71. The number of methoxy groups -OCH3 is 2. The number of nitrogens with one attached hydrogen (secondary N) is 1. The summed E-state index contributed by atoms with van der Waals surface area (Å²) in [5, 5.41) is 3.28. The molecule has 3 rings (SSSR count). The molecule has 3 aromatic rings. The Labute approximate surface area is 170 Å². The molecule has 0 saturated heterocycles. The van der Waals surface area contributed by atoms with Crippen molar-refractivity contribution in [3.63, 3.8) is 0 Å². The Morgan fingerprint density at radius 1 is 1.10 bits per heavy atom. The van der Waals surface area contributed by atoms with Crippen LogP contribution in [-0.2, 0) is 9.53 Å². The zero-order chi connectivity index (χ0) is 21.0. The summed E-state index contributed by atoms with van der Waals surface area (Å²) in [7, 11) is 2.70. The summed E-state index contributed by atoms with van der Waals surface area (Å²) in [6.07, 6.45) is 0. The zero-order valence-electron chi connectivity index (χ0n) is 15.5. The van der Waals surface area contributed by atoms with Crippen LogP contribution in [0, 0.1) is 5.82 Å². The van der Waals surface area contributed by atoms with Crippen LogP contribution in [0.4, 0.5) is 10.1 Å². The lowest BCUT2D eigenvalue weighted by Crippen LogP contribution is -2.20. The van der Waals surface area contributed by atoms with Gasteiger partial charge < -0.3 is 19.5 Å². The summed E-state index contributed by atoms with van der Waals surface area (Å²) >= 11 is 6.03. The molecule has 0 aliphatic carbocycles. The third kappa shape index (κ3) is 4.72. The van der Waals surface area contributed by atoms with Crippen LogP contribution in [0.5, 0.6) is 11.5 Å². The monoisotopic (exact) mass is 418 g/mol. The smallest absolute Gasteiger partial charge is 0.356 e. The van der Waals surface area contributed by atoms with Crippen LogP contribution in [0.15, 0.2) is 42.5 Å². The number of esters is 1. The largest absolute Gasteiger partial charge is 0.495 e. The Bertz CT molecular complexity index is 1090. The minimum Gasteiger partial charge on any atom is -0.495 e. The second-order valence-electron chi connectivity index (χ2n) is 5.84. The number of benzene rings is 2. The van der Waals surface area contributed by atoms with Crippen LogP contribution in [-0.4, -0.2) is 37.7 Å². The fourth-order valence-electron chi connectivity index (χ4n) is 2.58. The number of hydrogen-bond acceptors (Lipinski definition) is 6. The highest BCUT2D eigenvalue weighted by atomic mass is 35.5. The maximum atomic E-state index is 13.7. The van der Waals surface area contributed by atoms with Crippen LogP contribution in [0.1, 0.15) is 10.5 Å². The van der Waals surface area contributed by atoms with E-state index in [1.54, 1.807) is 12.1 Å². The lowest BCUT2D eigenvalue weighted by Gasteiger charge is -2.12. The standard InChI is InChI=1S/C20H16ClFN2O5/c1-27-17-6-4-12(8-14(17)21)23-19(25)10-29-18-9-16(20(26)28-2)24-15-5-3-11(22)7-13(15)18/h3-9H,10H2,1-2H3,(H,23,25). The summed E-state index contributed by atoms with van der Waals surface area (Å²) < 4.78 is 28.9. The van der Waals surface area contributed by atoms with Crippen molar-refractivity contribution in [1.29, 1.82) is 0 Å². The lowest BCUT2D eigenvalue weighted by molar-refractivity contribution is -0.118. The molecule has 29 heavy (non-hydrogen) atoms. The Morgan fingerprint density at radius 2 is 1.90 bits per heavy atom. The molecule has 0 aliphatic heterocycles. The van der Waals surface area contributed by atoms with Gasteiger partial charge >= 0.3 is 5.97 Å². The highest BCUT2D eigenvalue weighted by Gasteiger charge is 2.15. The van der Waals surface area contributed by atoms with Gasteiger partial charge in [-0.3, -0.25) is 4.79 Å². The topological polar surface area (TPSA) is 86.8 Å². The summed E-state index contributed by atoms with van der Waals surface area (Å²) in [6, 6.07) is 9.88. The van der Waals surface area contributed by atoms with Gasteiger partial charge in [-0.25, -0.2) is 14.2 Å². The van der Waals surface area contributed by atoms with Crippen molar-refractivity contribution in [3.8, 4) is 11.5 Å². The third-order valence-corrected chi connectivity index (χ3v) is 4.22. The zero-order valence-corrected chi connectivity index (χ0v) is 16.2. The SMILES string of the molecule is COC(=O)c1cc(OCC(=O)Nc2ccc(OC)c(Cl)c2)c2cc(F)ccc2n1. The molecular formula is C20H16ClFN2O5. The summed E-state index contributed by atoms with van der Waals surface area (Å²) in [6.45, 7) is -0.389. The van der Waals surface area contributed by atoms with E-state index in [1.165, 1.54) is 44.6 Å². The van der Waals surface area contributed by atoms with Crippen molar-refractivity contribution in [2.75, 3.05) is 26.1 Å². The predicted octanol–water partition coefficient (Wildman–Crippen LogP) is 3.84. The number of aromatic nitrogens is 1. The van der Waals surface area contributed by atoms with Crippen LogP contribution >= 0.6 is 11.6 Å². The highest BCUT2D eigenvalue weighted by Crippen LogP contribution is 2.28. The Kier molecular flexibility index (Phi) is 6.13. The minimum absolute atomic E-state index is 0.0241. The van der Waals surface area contributed by atoms with E-state index < -0.39 is 17.7 Å². The number of anilines is 1. The molecule has 0 aliphatic rings. The van der Waals surface area contributed by atoms with Crippen LogP contribution < -0.4 is 14.8 Å². The fraction of sp³-hybridized carbons (Fsp3) is 0.150. The number of carbonyl (C=O) groups is 2. The molecule has 0 bridgehead atoms. The van der Waals surface area contributed by atoms with E-state index in [9.17, 15) is 14.0 Å². The summed E-state index contributed by atoms with van der Waals surface area (Å²) in [4.78, 5) is 28.2. The van der Waals surface area contributed by atoms with Crippen LogP contribution in [0.3, 0.4) is 0 Å². The van der Waals surface area contributed by atoms with Gasteiger partial charge in [-0.05, 0) is 36.4 Å². The van der Waals surface area contributed by atoms with Gasteiger partial charge in [-0.15, -0.1) is 0 Å². The molecule has 1 heterocycles. The first-order valence-corrected chi connectivity index (χ1v) is 8.74. The predicted molar refractivity (Wildman–Crippen MR) is 105 cm³/mol. The van der Waals surface area contributed by atoms with Gasteiger partial charge in [0, 0.05) is 17.1 Å². The van der Waals surface area contributed by atoms with Crippen molar-refractivity contribution < 1.29 is 28.2 Å². The first kappa shape index (κ1) is 20.3. The number of carbonyl (C=O) groups excluding carboxylic acids is 2. The van der Waals surface area contributed by atoms with Gasteiger partial charge in [0.1, 0.15) is 17.3 Å². The normalized spacial score (nSPS) is 10.5. The molecule has 7 nitrogen and oxygen atoms in total. The molecule has 0 fully saturated rings. The van der Waals surface area contributed by atoms with Gasteiger partial charge in [0.05, 0.1) is 24.8 Å². The van der Waals surface area contributed by atoms with Gasteiger partial charge in [0.15, 0.2) is 12.3 Å². The number of nitrogens with zero attached hydrogens (tertiary/aromatic N) is 1. The molecule has 1 N–H and O–H groups in total. The number of amides is 1. The van der Waals surface area contributed by atoms with Gasteiger partial charge in [-0.1, -0.05) is 11.6 Å². The maximum absolute atomic E-state index is 13.7. The molecule has 1 amide bonds. The van der Waals surface area contributed by atoms with E-state index in [0.717, 1.165) is 0 Å². The molecule has 0 radical (unpaired) electrons. The fourth-order valence-corrected chi connectivity index (χ4v) is 2.84. The van der Waals surface area contributed by atoms with E-state index in [4.69, 9.17) is 21.1 Å². The molecule has 0 spiro atoms. The molecule has 150 valence electrons. The van der Waals surface area contributed by atoms with Crippen molar-refractivity contribution >= 4 is 40.1 Å². The highest BCUT2D eigenvalue weighted by molar-refractivity contribution is 6.32. The van der Waals surface area contributed by atoms with E-state index in [0.29, 0.717) is 27.4 Å². The van der Waals surface area contributed by atoms with Gasteiger partial charge in [-0.2, -0.15) is 0 Å². The number of rotatable bonds is 6. The minimum atomic E-state index is -0.682. The Hall–Kier alpha value is -3.39. The number of pyridine rings is 1. The quantitative estimate of drug-likeness (QED) is 0.612. The average molecular weight is 419 g/mol. The third-order valence-electron chi connectivity index (χ3n) is 3.92. The van der Waals surface area contributed by atoms with E-state index in [2.05, 4.69) is 15.0 Å². The second-order valence-corrected chi connectivity index (χ2v) is 6.25. The first-order chi connectivity index (χ1) is 13.9. The van der Waals surface area contributed by atoms with Gasteiger partial charge in [0.25, 0.3) is 5.91 Å². The van der Waals surface area contributed by atoms with Crippen LogP contribution in [0.25, 0.3) is 10.9 Å². The maximum Gasteiger partial charge on any atom is 0.356 e. The number of ether oxygens (including phenoxy) is 3. The van der Waals surface area contributed by atoms with Crippen molar-refractivity contribution in [2.24, 2.45) is 0 Å². The van der Waals surface area contributed by atoms with Gasteiger partial charge in [0.2, 0.25) is 0 Å². The van der Waals surface area contributed by atoms with Crippen molar-refractivity contribution in [1.82, 2.24) is 4.98 Å². The second kappa shape index (κ2) is 8.74. The van der Waals surface area contributed by atoms with Crippen molar-refractivity contribution in [2.45, 2.75) is 0 Å². The van der Waals surface area contributed by atoms with Crippen molar-refractivity contribution in [3.05, 3.63) is 59.0 Å². The molecule has 0 atom stereocenters.